The Morgan fingerprint density at radius 2 is 1.78 bits per heavy atom. The minimum atomic E-state index is -3.55. The van der Waals surface area contributed by atoms with E-state index in [1.807, 2.05) is 32.9 Å². The van der Waals surface area contributed by atoms with E-state index in [0.717, 1.165) is 29.5 Å². The predicted molar refractivity (Wildman–Crippen MR) is 106 cm³/mol. The van der Waals surface area contributed by atoms with Gasteiger partial charge in [-0.1, -0.05) is 23.8 Å². The number of nitrogens with zero attached hydrogens (tertiary/aromatic N) is 1. The lowest BCUT2D eigenvalue weighted by atomic mass is 10.1. The molecular weight excluding hydrogens is 360 g/mol. The van der Waals surface area contributed by atoms with Gasteiger partial charge in [0.05, 0.1) is 4.90 Å². The van der Waals surface area contributed by atoms with Crippen LogP contribution >= 0.6 is 0 Å². The van der Waals surface area contributed by atoms with Gasteiger partial charge in [0.1, 0.15) is 0 Å². The van der Waals surface area contributed by atoms with E-state index in [4.69, 9.17) is 0 Å². The number of benzene rings is 2. The van der Waals surface area contributed by atoms with Gasteiger partial charge in [-0.2, -0.15) is 4.31 Å². The summed E-state index contributed by atoms with van der Waals surface area (Å²) in [5.41, 5.74) is 3.82. The maximum absolute atomic E-state index is 13.0. The molecule has 1 fully saturated rings. The van der Waals surface area contributed by atoms with Crippen LogP contribution in [0.1, 0.15) is 39.9 Å². The lowest BCUT2D eigenvalue weighted by Gasteiger charge is -2.24. The summed E-state index contributed by atoms with van der Waals surface area (Å²) in [7, 11) is -3.55. The molecule has 1 atom stereocenters. The first-order valence-corrected chi connectivity index (χ1v) is 10.7. The molecule has 0 radical (unpaired) electrons. The van der Waals surface area contributed by atoms with Crippen molar-refractivity contribution >= 4 is 15.9 Å². The number of sulfonamides is 1. The smallest absolute Gasteiger partial charge is 0.251 e. The van der Waals surface area contributed by atoms with Crippen LogP contribution in [0.3, 0.4) is 0 Å². The van der Waals surface area contributed by atoms with Crippen molar-refractivity contribution in [2.24, 2.45) is 0 Å². The van der Waals surface area contributed by atoms with Gasteiger partial charge >= 0.3 is 0 Å². The summed E-state index contributed by atoms with van der Waals surface area (Å²) in [5, 5.41) is 2.91. The second-order valence-electron chi connectivity index (χ2n) is 7.23. The molecule has 1 amide bonds. The number of carbonyl (C=O) groups is 1. The van der Waals surface area contributed by atoms with Crippen LogP contribution in [-0.2, 0) is 10.0 Å². The number of amides is 1. The van der Waals surface area contributed by atoms with Crippen LogP contribution in [0.25, 0.3) is 0 Å². The van der Waals surface area contributed by atoms with Gasteiger partial charge in [0.25, 0.3) is 5.91 Å². The van der Waals surface area contributed by atoms with Gasteiger partial charge in [0.15, 0.2) is 0 Å². The third kappa shape index (κ3) is 4.22. The van der Waals surface area contributed by atoms with E-state index in [2.05, 4.69) is 5.32 Å². The number of rotatable bonds is 5. The predicted octanol–water partition coefficient (Wildman–Crippen LogP) is 3.19. The number of carbonyl (C=O) groups excluding carboxylic acids is 1. The molecule has 27 heavy (non-hydrogen) atoms. The van der Waals surface area contributed by atoms with Gasteiger partial charge in [0.2, 0.25) is 10.0 Å². The van der Waals surface area contributed by atoms with Gasteiger partial charge in [-0.25, -0.2) is 8.42 Å². The highest BCUT2D eigenvalue weighted by atomic mass is 32.2. The molecule has 0 aromatic heterocycles. The molecule has 2 aromatic carbocycles. The third-order valence-corrected chi connectivity index (χ3v) is 7.18. The zero-order valence-corrected chi connectivity index (χ0v) is 16.8. The first kappa shape index (κ1) is 19.6. The maximum Gasteiger partial charge on any atom is 0.251 e. The topological polar surface area (TPSA) is 66.5 Å². The number of hydrogen-bond donors (Lipinski definition) is 1. The zero-order valence-electron chi connectivity index (χ0n) is 16.0. The Labute approximate surface area is 161 Å². The van der Waals surface area contributed by atoms with Gasteiger partial charge in [-0.3, -0.25) is 4.79 Å². The summed E-state index contributed by atoms with van der Waals surface area (Å²) < 4.78 is 27.5. The molecule has 1 aliphatic heterocycles. The van der Waals surface area contributed by atoms with E-state index in [9.17, 15) is 13.2 Å². The van der Waals surface area contributed by atoms with E-state index < -0.39 is 10.0 Å². The first-order chi connectivity index (χ1) is 12.8. The van der Waals surface area contributed by atoms with Crippen LogP contribution in [0.4, 0.5) is 0 Å². The van der Waals surface area contributed by atoms with Crippen LogP contribution in [-0.4, -0.2) is 37.8 Å². The fourth-order valence-electron chi connectivity index (χ4n) is 3.37. The standard InChI is InChI=1S/C21H26N2O3S/c1-15-6-10-20(11-7-15)27(25,26)23-12-4-5-19(23)14-22-21(24)18-9-8-16(2)17(3)13-18/h6-11,13,19H,4-5,12,14H2,1-3H3,(H,22,24)/t19-/m1/s1. The molecule has 0 aliphatic carbocycles. The summed E-state index contributed by atoms with van der Waals surface area (Å²) in [6, 6.07) is 12.3. The quantitative estimate of drug-likeness (QED) is 0.858. The van der Waals surface area contributed by atoms with Crippen molar-refractivity contribution in [3.63, 3.8) is 0 Å². The molecule has 0 saturated carbocycles. The van der Waals surface area contributed by atoms with Crippen molar-refractivity contribution in [1.82, 2.24) is 9.62 Å². The molecule has 0 bridgehead atoms. The van der Waals surface area contributed by atoms with Crippen molar-refractivity contribution in [1.29, 1.82) is 0 Å². The van der Waals surface area contributed by atoms with Crippen LogP contribution in [0.2, 0.25) is 0 Å². The fourth-order valence-corrected chi connectivity index (χ4v) is 5.06. The second kappa shape index (κ2) is 7.82. The highest BCUT2D eigenvalue weighted by Crippen LogP contribution is 2.26. The van der Waals surface area contributed by atoms with Crippen LogP contribution < -0.4 is 5.32 Å². The van der Waals surface area contributed by atoms with Crippen molar-refractivity contribution in [2.75, 3.05) is 13.1 Å². The summed E-state index contributed by atoms with van der Waals surface area (Å²) in [6.45, 7) is 6.71. The third-order valence-electron chi connectivity index (χ3n) is 5.22. The van der Waals surface area contributed by atoms with E-state index in [1.54, 1.807) is 30.3 Å². The van der Waals surface area contributed by atoms with Gasteiger partial charge < -0.3 is 5.32 Å². The van der Waals surface area contributed by atoms with Crippen molar-refractivity contribution in [3.8, 4) is 0 Å². The molecule has 0 spiro atoms. The van der Waals surface area contributed by atoms with E-state index >= 15 is 0 Å². The van der Waals surface area contributed by atoms with Crippen LogP contribution in [0, 0.1) is 20.8 Å². The molecule has 0 unspecified atom stereocenters. The summed E-state index contributed by atoms with van der Waals surface area (Å²) in [6.07, 6.45) is 1.55. The van der Waals surface area contributed by atoms with Crippen molar-refractivity contribution in [3.05, 3.63) is 64.7 Å². The Bertz CT molecular complexity index is 936. The molecule has 1 heterocycles. The summed E-state index contributed by atoms with van der Waals surface area (Å²) in [5.74, 6) is -0.169. The zero-order chi connectivity index (χ0) is 19.6. The maximum atomic E-state index is 13.0. The molecule has 3 rings (SSSR count). The molecule has 1 saturated heterocycles. The Balaban J connectivity index is 1.70. The molecule has 1 N–H and O–H groups in total. The first-order valence-electron chi connectivity index (χ1n) is 9.23. The molecule has 5 nitrogen and oxygen atoms in total. The average Bonchev–Trinajstić information content (AvgIpc) is 3.12. The summed E-state index contributed by atoms with van der Waals surface area (Å²) >= 11 is 0. The highest BCUT2D eigenvalue weighted by molar-refractivity contribution is 7.89. The highest BCUT2D eigenvalue weighted by Gasteiger charge is 2.35. The lowest BCUT2D eigenvalue weighted by molar-refractivity contribution is 0.0946. The van der Waals surface area contributed by atoms with E-state index in [-0.39, 0.29) is 11.9 Å². The average molecular weight is 387 g/mol. The Hall–Kier alpha value is -2.18. The number of aryl methyl sites for hydroxylation is 3. The Morgan fingerprint density at radius 3 is 2.44 bits per heavy atom. The van der Waals surface area contributed by atoms with Crippen LogP contribution in [0.15, 0.2) is 47.4 Å². The van der Waals surface area contributed by atoms with Crippen molar-refractivity contribution < 1.29 is 13.2 Å². The minimum Gasteiger partial charge on any atom is -0.350 e. The molecule has 2 aromatic rings. The molecule has 144 valence electrons. The fraction of sp³-hybridized carbons (Fsp3) is 0.381. The van der Waals surface area contributed by atoms with Crippen molar-refractivity contribution in [2.45, 2.75) is 44.6 Å². The van der Waals surface area contributed by atoms with Gasteiger partial charge in [-0.05, 0) is 69.0 Å². The van der Waals surface area contributed by atoms with Gasteiger partial charge in [-0.15, -0.1) is 0 Å². The number of hydrogen-bond acceptors (Lipinski definition) is 3. The van der Waals surface area contributed by atoms with E-state index in [0.29, 0.717) is 23.5 Å². The normalized spacial score (nSPS) is 17.8. The lowest BCUT2D eigenvalue weighted by Crippen LogP contribution is -2.43. The second-order valence-corrected chi connectivity index (χ2v) is 9.12. The molecule has 6 heteroatoms. The minimum absolute atomic E-state index is 0.169. The largest absolute Gasteiger partial charge is 0.350 e. The van der Waals surface area contributed by atoms with Crippen LogP contribution in [0.5, 0.6) is 0 Å². The molecule has 1 aliphatic rings. The monoisotopic (exact) mass is 386 g/mol. The van der Waals surface area contributed by atoms with Gasteiger partial charge in [0, 0.05) is 24.7 Å². The summed E-state index contributed by atoms with van der Waals surface area (Å²) in [4.78, 5) is 12.8. The van der Waals surface area contributed by atoms with E-state index in [1.165, 1.54) is 4.31 Å². The Kier molecular flexibility index (Phi) is 5.67. The Morgan fingerprint density at radius 1 is 1.07 bits per heavy atom. The molecular formula is C21H26N2O3S. The SMILES string of the molecule is Cc1ccc(S(=O)(=O)N2CCC[C@@H]2CNC(=O)c2ccc(C)c(C)c2)cc1. The number of nitrogens with one attached hydrogen (secondary N) is 1.